The van der Waals surface area contributed by atoms with E-state index in [1.165, 1.54) is 0 Å². The molecule has 3 N–H and O–H groups in total. The van der Waals surface area contributed by atoms with Gasteiger partial charge in [-0.2, -0.15) is 5.10 Å². The molecule has 0 bridgehead atoms. The van der Waals surface area contributed by atoms with Gasteiger partial charge >= 0.3 is 0 Å². The average Bonchev–Trinajstić information content (AvgIpc) is 2.37. The molecular formula is C7H14N4. The van der Waals surface area contributed by atoms with Crippen LogP contribution < -0.4 is 11.3 Å². The Balaban J connectivity index is 2.66. The zero-order valence-electron chi connectivity index (χ0n) is 6.91. The molecule has 0 atom stereocenters. The third kappa shape index (κ3) is 2.03. The largest absolute Gasteiger partial charge is 0.271 e. The van der Waals surface area contributed by atoms with E-state index in [0.717, 1.165) is 5.56 Å². The van der Waals surface area contributed by atoms with Crippen LogP contribution in [0.25, 0.3) is 0 Å². The van der Waals surface area contributed by atoms with Crippen LogP contribution in [-0.2, 0) is 6.54 Å². The predicted molar refractivity (Wildman–Crippen MR) is 43.6 cm³/mol. The first-order chi connectivity index (χ1) is 5.24. The van der Waals surface area contributed by atoms with Crippen molar-refractivity contribution in [2.75, 3.05) is 0 Å². The van der Waals surface area contributed by atoms with Gasteiger partial charge in [-0.3, -0.25) is 16.0 Å². The van der Waals surface area contributed by atoms with E-state index in [1.54, 1.807) is 0 Å². The number of hydrazine groups is 1. The third-order valence-corrected chi connectivity index (χ3v) is 1.49. The Kier molecular flexibility index (Phi) is 2.62. The van der Waals surface area contributed by atoms with Crippen molar-refractivity contribution in [3.8, 4) is 0 Å². The third-order valence-electron chi connectivity index (χ3n) is 1.49. The van der Waals surface area contributed by atoms with Crippen LogP contribution in [0.3, 0.4) is 0 Å². The number of rotatable bonds is 3. The first-order valence-electron chi connectivity index (χ1n) is 3.70. The van der Waals surface area contributed by atoms with Crippen LogP contribution in [0.5, 0.6) is 0 Å². The Labute approximate surface area is 66.4 Å². The number of hydrogen-bond donors (Lipinski definition) is 2. The monoisotopic (exact) mass is 154 g/mol. The van der Waals surface area contributed by atoms with Gasteiger partial charge in [0.05, 0.1) is 6.20 Å². The zero-order chi connectivity index (χ0) is 8.27. The molecule has 11 heavy (non-hydrogen) atoms. The van der Waals surface area contributed by atoms with E-state index in [1.807, 2.05) is 17.1 Å². The maximum atomic E-state index is 5.16. The van der Waals surface area contributed by atoms with Gasteiger partial charge in [-0.15, -0.1) is 0 Å². The van der Waals surface area contributed by atoms with E-state index in [9.17, 15) is 0 Å². The van der Waals surface area contributed by atoms with Crippen molar-refractivity contribution in [3.63, 3.8) is 0 Å². The van der Waals surface area contributed by atoms with Crippen LogP contribution in [-0.4, -0.2) is 9.78 Å². The first kappa shape index (κ1) is 8.23. The molecule has 62 valence electrons. The van der Waals surface area contributed by atoms with Gasteiger partial charge in [-0.05, 0) is 13.8 Å². The smallest absolute Gasteiger partial charge is 0.0535 e. The molecule has 0 aromatic carbocycles. The van der Waals surface area contributed by atoms with Crippen LogP contribution >= 0.6 is 0 Å². The van der Waals surface area contributed by atoms with E-state index in [-0.39, 0.29) is 0 Å². The standard InChI is InChI=1S/C7H14N4/c1-6(2)11-5-7(3-9-8)4-10-11/h4-6,9H,3,8H2,1-2H3. The molecule has 0 saturated carbocycles. The molecular weight excluding hydrogens is 140 g/mol. The number of nitrogens with zero attached hydrogens (tertiary/aromatic N) is 2. The van der Waals surface area contributed by atoms with Crippen molar-refractivity contribution in [1.82, 2.24) is 15.2 Å². The van der Waals surface area contributed by atoms with Gasteiger partial charge < -0.3 is 0 Å². The Hall–Kier alpha value is -0.870. The fourth-order valence-electron chi connectivity index (χ4n) is 0.869. The highest BCUT2D eigenvalue weighted by atomic mass is 15.3. The summed E-state index contributed by atoms with van der Waals surface area (Å²) in [6, 6.07) is 0.418. The molecule has 0 amide bonds. The number of nitrogens with one attached hydrogen (secondary N) is 1. The van der Waals surface area contributed by atoms with Gasteiger partial charge in [0.1, 0.15) is 0 Å². The Morgan fingerprint density at radius 1 is 1.73 bits per heavy atom. The van der Waals surface area contributed by atoms with Crippen molar-refractivity contribution in [2.24, 2.45) is 5.84 Å². The summed E-state index contributed by atoms with van der Waals surface area (Å²) in [5.41, 5.74) is 3.70. The van der Waals surface area contributed by atoms with Gasteiger partial charge in [0.15, 0.2) is 0 Å². The number of aromatic nitrogens is 2. The Morgan fingerprint density at radius 2 is 2.45 bits per heavy atom. The Morgan fingerprint density at radius 3 is 2.91 bits per heavy atom. The van der Waals surface area contributed by atoms with Crippen molar-refractivity contribution in [1.29, 1.82) is 0 Å². The molecule has 0 aliphatic heterocycles. The molecule has 0 aliphatic carbocycles. The minimum Gasteiger partial charge on any atom is -0.271 e. The fourth-order valence-corrected chi connectivity index (χ4v) is 0.869. The van der Waals surface area contributed by atoms with Crippen molar-refractivity contribution in [2.45, 2.75) is 26.4 Å². The second-order valence-electron chi connectivity index (χ2n) is 2.80. The van der Waals surface area contributed by atoms with E-state index < -0.39 is 0 Å². The molecule has 0 fully saturated rings. The van der Waals surface area contributed by atoms with Gasteiger partial charge in [0.2, 0.25) is 0 Å². The molecule has 0 radical (unpaired) electrons. The minimum atomic E-state index is 0.418. The molecule has 0 spiro atoms. The molecule has 1 rings (SSSR count). The molecule has 1 aromatic heterocycles. The predicted octanol–water partition coefficient (Wildman–Crippen LogP) is 0.427. The highest BCUT2D eigenvalue weighted by Crippen LogP contribution is 2.04. The van der Waals surface area contributed by atoms with Crippen LogP contribution in [0.4, 0.5) is 0 Å². The van der Waals surface area contributed by atoms with E-state index >= 15 is 0 Å². The van der Waals surface area contributed by atoms with Crippen molar-refractivity contribution < 1.29 is 0 Å². The summed E-state index contributed by atoms with van der Waals surface area (Å²) in [4.78, 5) is 0. The quantitative estimate of drug-likeness (QED) is 0.490. The number of hydrogen-bond acceptors (Lipinski definition) is 3. The minimum absolute atomic E-state index is 0.418. The van der Waals surface area contributed by atoms with Crippen LogP contribution in [0.2, 0.25) is 0 Å². The SMILES string of the molecule is CC(C)n1cc(CNN)cn1. The molecule has 1 aromatic rings. The molecule has 0 saturated heterocycles. The van der Waals surface area contributed by atoms with Crippen molar-refractivity contribution >= 4 is 0 Å². The maximum absolute atomic E-state index is 5.16. The summed E-state index contributed by atoms with van der Waals surface area (Å²) >= 11 is 0. The molecule has 4 nitrogen and oxygen atoms in total. The second-order valence-corrected chi connectivity index (χ2v) is 2.80. The van der Waals surface area contributed by atoms with E-state index in [4.69, 9.17) is 5.84 Å². The summed E-state index contributed by atoms with van der Waals surface area (Å²) in [6.45, 7) is 4.85. The Bertz CT molecular complexity index is 216. The van der Waals surface area contributed by atoms with Gasteiger partial charge in [-0.25, -0.2) is 0 Å². The summed E-state index contributed by atoms with van der Waals surface area (Å²) in [6.07, 6.45) is 3.81. The maximum Gasteiger partial charge on any atom is 0.0535 e. The average molecular weight is 154 g/mol. The van der Waals surface area contributed by atoms with Crippen LogP contribution in [0.15, 0.2) is 12.4 Å². The highest BCUT2D eigenvalue weighted by molar-refractivity contribution is 5.03. The summed E-state index contributed by atoms with van der Waals surface area (Å²) in [5.74, 6) is 5.16. The van der Waals surface area contributed by atoms with Gasteiger partial charge in [0.25, 0.3) is 0 Å². The topological polar surface area (TPSA) is 55.9 Å². The van der Waals surface area contributed by atoms with Gasteiger partial charge in [-0.1, -0.05) is 0 Å². The lowest BCUT2D eigenvalue weighted by Crippen LogP contribution is -2.20. The second kappa shape index (κ2) is 3.50. The molecule has 4 heteroatoms. The van der Waals surface area contributed by atoms with E-state index in [0.29, 0.717) is 12.6 Å². The number of nitrogens with two attached hydrogens (primary N) is 1. The highest BCUT2D eigenvalue weighted by Gasteiger charge is 1.99. The lowest BCUT2D eigenvalue weighted by Gasteiger charge is -2.02. The lowest BCUT2D eigenvalue weighted by molar-refractivity contribution is 0.531. The van der Waals surface area contributed by atoms with Gasteiger partial charge in [0, 0.05) is 24.3 Å². The van der Waals surface area contributed by atoms with Crippen LogP contribution in [0, 0.1) is 0 Å². The zero-order valence-corrected chi connectivity index (χ0v) is 6.91. The summed E-state index contributed by atoms with van der Waals surface area (Å²) in [7, 11) is 0. The summed E-state index contributed by atoms with van der Waals surface area (Å²) in [5, 5.41) is 4.16. The fraction of sp³-hybridized carbons (Fsp3) is 0.571. The summed E-state index contributed by atoms with van der Waals surface area (Å²) < 4.78 is 1.91. The normalized spacial score (nSPS) is 10.9. The lowest BCUT2D eigenvalue weighted by atomic mass is 10.3. The molecule has 0 unspecified atom stereocenters. The molecule has 1 heterocycles. The van der Waals surface area contributed by atoms with E-state index in [2.05, 4.69) is 24.4 Å². The van der Waals surface area contributed by atoms with Crippen molar-refractivity contribution in [3.05, 3.63) is 18.0 Å². The molecule has 0 aliphatic rings. The first-order valence-corrected chi connectivity index (χ1v) is 3.70. The van der Waals surface area contributed by atoms with Crippen LogP contribution in [0.1, 0.15) is 25.5 Å².